The Hall–Kier alpha value is -1.53. The Kier molecular flexibility index (Phi) is 2.14. The second-order valence-corrected chi connectivity index (χ2v) is 4.09. The normalized spacial score (nSPS) is 10.3. The first-order valence-electron chi connectivity index (χ1n) is 4.29. The van der Waals surface area contributed by atoms with Gasteiger partial charge >= 0.3 is 0 Å². The van der Waals surface area contributed by atoms with E-state index < -0.39 is 0 Å². The van der Waals surface area contributed by atoms with Gasteiger partial charge in [0.25, 0.3) is 0 Å². The summed E-state index contributed by atoms with van der Waals surface area (Å²) in [6.45, 7) is 1.99. The van der Waals surface area contributed by atoms with E-state index in [1.165, 1.54) is 11.3 Å². The minimum atomic E-state index is 0.283. The first kappa shape index (κ1) is 9.04. The molecular weight excluding hydrogens is 194 g/mol. The van der Waals surface area contributed by atoms with E-state index in [9.17, 15) is 5.11 Å². The van der Waals surface area contributed by atoms with Crippen LogP contribution in [0, 0.1) is 18.3 Å². The van der Waals surface area contributed by atoms with Crippen molar-refractivity contribution in [2.45, 2.75) is 13.3 Å². The molecule has 0 saturated carbocycles. The van der Waals surface area contributed by atoms with Crippen molar-refractivity contribution in [1.82, 2.24) is 0 Å². The van der Waals surface area contributed by atoms with Gasteiger partial charge in [-0.2, -0.15) is 5.26 Å². The van der Waals surface area contributed by atoms with Crippen molar-refractivity contribution < 1.29 is 5.11 Å². The molecule has 1 aromatic carbocycles. The van der Waals surface area contributed by atoms with E-state index in [-0.39, 0.29) is 5.75 Å². The molecule has 2 aromatic rings. The summed E-state index contributed by atoms with van der Waals surface area (Å²) >= 11 is 1.52. The summed E-state index contributed by atoms with van der Waals surface area (Å²) in [5.74, 6) is 0.283. The summed E-state index contributed by atoms with van der Waals surface area (Å²) in [6, 6.07) is 5.78. The van der Waals surface area contributed by atoms with Crippen molar-refractivity contribution in [3.05, 3.63) is 28.6 Å². The molecule has 0 aliphatic carbocycles. The molecule has 0 spiro atoms. The van der Waals surface area contributed by atoms with Gasteiger partial charge in [-0.05, 0) is 40.9 Å². The molecule has 2 rings (SSSR count). The smallest absolute Gasteiger partial charge is 0.133 e. The van der Waals surface area contributed by atoms with Crippen LogP contribution in [0.1, 0.15) is 11.1 Å². The number of benzene rings is 1. The van der Waals surface area contributed by atoms with Gasteiger partial charge in [0.15, 0.2) is 0 Å². The van der Waals surface area contributed by atoms with Gasteiger partial charge in [0.05, 0.1) is 17.2 Å². The Morgan fingerprint density at radius 2 is 2.36 bits per heavy atom. The zero-order chi connectivity index (χ0) is 10.1. The largest absolute Gasteiger partial charge is 0.506 e. The molecule has 0 unspecified atom stereocenters. The highest BCUT2D eigenvalue weighted by atomic mass is 32.1. The lowest BCUT2D eigenvalue weighted by Gasteiger charge is -2.04. The van der Waals surface area contributed by atoms with E-state index >= 15 is 0 Å². The molecule has 0 atom stereocenters. The molecule has 0 fully saturated rings. The van der Waals surface area contributed by atoms with Gasteiger partial charge in [-0.15, -0.1) is 11.3 Å². The van der Waals surface area contributed by atoms with E-state index in [4.69, 9.17) is 5.26 Å². The summed E-state index contributed by atoms with van der Waals surface area (Å²) in [5, 5.41) is 21.3. The maximum atomic E-state index is 9.69. The predicted molar refractivity (Wildman–Crippen MR) is 57.5 cm³/mol. The average Bonchev–Trinajstić information content (AvgIpc) is 2.63. The van der Waals surface area contributed by atoms with Gasteiger partial charge < -0.3 is 5.11 Å². The molecule has 0 aliphatic rings. The van der Waals surface area contributed by atoms with Crippen LogP contribution in [0.5, 0.6) is 5.75 Å². The molecule has 2 nitrogen and oxygen atoms in total. The Labute approximate surface area is 86.0 Å². The van der Waals surface area contributed by atoms with Crippen molar-refractivity contribution in [2.24, 2.45) is 0 Å². The highest BCUT2D eigenvalue weighted by Gasteiger charge is 2.08. The van der Waals surface area contributed by atoms with Crippen LogP contribution in [0.3, 0.4) is 0 Å². The molecule has 0 radical (unpaired) electrons. The molecule has 0 bridgehead atoms. The molecule has 1 N–H and O–H groups in total. The van der Waals surface area contributed by atoms with Gasteiger partial charge in [-0.1, -0.05) is 0 Å². The lowest BCUT2D eigenvalue weighted by atomic mass is 10.0. The molecular formula is C11H9NOS. The third-order valence-corrected chi connectivity index (χ3v) is 3.30. The first-order valence-corrected chi connectivity index (χ1v) is 5.17. The van der Waals surface area contributed by atoms with Gasteiger partial charge in [0, 0.05) is 0 Å². The average molecular weight is 203 g/mol. The molecule has 0 amide bonds. The van der Waals surface area contributed by atoms with Crippen LogP contribution >= 0.6 is 11.3 Å². The number of hydrogen-bond acceptors (Lipinski definition) is 3. The topological polar surface area (TPSA) is 44.0 Å². The second-order valence-electron chi connectivity index (χ2n) is 3.18. The van der Waals surface area contributed by atoms with Gasteiger partial charge in [-0.3, -0.25) is 0 Å². The summed E-state index contributed by atoms with van der Waals surface area (Å²) in [4.78, 5) is 0. The number of nitriles is 1. The first-order chi connectivity index (χ1) is 6.74. The van der Waals surface area contributed by atoms with Crippen molar-refractivity contribution in [2.75, 3.05) is 0 Å². The summed E-state index contributed by atoms with van der Waals surface area (Å²) in [6.07, 6.45) is 0.352. The summed E-state index contributed by atoms with van der Waals surface area (Å²) in [5.41, 5.74) is 2.01. The van der Waals surface area contributed by atoms with E-state index in [1.54, 1.807) is 6.07 Å². The number of hydrogen-bond donors (Lipinski definition) is 1. The monoisotopic (exact) mass is 203 g/mol. The van der Waals surface area contributed by atoms with Crippen LogP contribution in [0.15, 0.2) is 17.5 Å². The Bertz CT molecular complexity index is 522. The fourth-order valence-electron chi connectivity index (χ4n) is 1.58. The molecule has 0 saturated heterocycles. The number of aromatic hydroxyl groups is 1. The van der Waals surface area contributed by atoms with Crippen molar-refractivity contribution in [3.63, 3.8) is 0 Å². The van der Waals surface area contributed by atoms with Crippen LogP contribution in [-0.4, -0.2) is 5.11 Å². The maximum absolute atomic E-state index is 9.69. The van der Waals surface area contributed by atoms with Gasteiger partial charge in [-0.25, -0.2) is 0 Å². The number of rotatable bonds is 1. The van der Waals surface area contributed by atoms with E-state index in [0.29, 0.717) is 6.42 Å². The lowest BCUT2D eigenvalue weighted by Crippen LogP contribution is -1.87. The molecule has 3 heteroatoms. The maximum Gasteiger partial charge on any atom is 0.133 e. The predicted octanol–water partition coefficient (Wildman–Crippen LogP) is 2.98. The third kappa shape index (κ3) is 1.24. The highest BCUT2D eigenvalue weighted by Crippen LogP contribution is 2.34. The molecule has 70 valence electrons. The molecule has 14 heavy (non-hydrogen) atoms. The third-order valence-electron chi connectivity index (χ3n) is 2.36. The van der Waals surface area contributed by atoms with Gasteiger partial charge in [0.2, 0.25) is 0 Å². The number of nitrogens with zero attached hydrogens (tertiary/aromatic N) is 1. The van der Waals surface area contributed by atoms with Crippen LogP contribution in [0.4, 0.5) is 0 Å². The molecule has 0 aliphatic heterocycles. The van der Waals surface area contributed by atoms with Crippen LogP contribution in [0.2, 0.25) is 0 Å². The highest BCUT2D eigenvalue weighted by molar-refractivity contribution is 7.17. The number of phenolic OH excluding ortho intramolecular Hbond substituents is 1. The zero-order valence-corrected chi connectivity index (χ0v) is 8.56. The summed E-state index contributed by atoms with van der Waals surface area (Å²) in [7, 11) is 0. The van der Waals surface area contributed by atoms with Gasteiger partial charge in [0.1, 0.15) is 5.75 Å². The lowest BCUT2D eigenvalue weighted by molar-refractivity contribution is 0.482. The molecule has 1 aromatic heterocycles. The zero-order valence-electron chi connectivity index (χ0n) is 7.74. The number of thiophene rings is 1. The summed E-state index contributed by atoms with van der Waals surface area (Å²) < 4.78 is 0.907. The standard InChI is InChI=1S/C11H9NOS/c1-7-8(2-4-12)6-10(13)11-9(7)3-5-14-11/h3,5-6,13H,2H2,1H3. The Balaban J connectivity index is 2.76. The number of fused-ring (bicyclic) bond motifs is 1. The Morgan fingerprint density at radius 1 is 1.57 bits per heavy atom. The number of aryl methyl sites for hydroxylation is 1. The fourth-order valence-corrected chi connectivity index (χ4v) is 2.45. The van der Waals surface area contributed by atoms with E-state index in [2.05, 4.69) is 6.07 Å². The van der Waals surface area contributed by atoms with Crippen molar-refractivity contribution >= 4 is 21.4 Å². The fraction of sp³-hybridized carbons (Fsp3) is 0.182. The van der Waals surface area contributed by atoms with E-state index in [1.807, 2.05) is 18.4 Å². The quantitative estimate of drug-likeness (QED) is 0.774. The van der Waals surface area contributed by atoms with E-state index in [0.717, 1.165) is 21.2 Å². The Morgan fingerprint density at radius 3 is 3.07 bits per heavy atom. The minimum absolute atomic E-state index is 0.283. The van der Waals surface area contributed by atoms with Crippen LogP contribution in [0.25, 0.3) is 10.1 Å². The second kappa shape index (κ2) is 3.32. The minimum Gasteiger partial charge on any atom is -0.506 e. The van der Waals surface area contributed by atoms with Crippen molar-refractivity contribution in [3.8, 4) is 11.8 Å². The SMILES string of the molecule is Cc1c(CC#N)cc(O)c2sccc12. The van der Waals surface area contributed by atoms with Crippen LogP contribution in [-0.2, 0) is 6.42 Å². The molecule has 1 heterocycles. The van der Waals surface area contributed by atoms with Crippen molar-refractivity contribution in [1.29, 1.82) is 5.26 Å². The number of phenols is 1. The van der Waals surface area contributed by atoms with Crippen LogP contribution < -0.4 is 0 Å².